The molecule has 1 aromatic heterocycles. The fourth-order valence-electron chi connectivity index (χ4n) is 2.55. The zero-order valence-electron chi connectivity index (χ0n) is 12.8. The highest BCUT2D eigenvalue weighted by Gasteiger charge is 2.15. The Balaban J connectivity index is 2.24. The molecule has 20 heavy (non-hydrogen) atoms. The van der Waals surface area contributed by atoms with Crippen LogP contribution in [0.25, 0.3) is 0 Å². The molecule has 0 bridgehead atoms. The van der Waals surface area contributed by atoms with Crippen LogP contribution >= 0.6 is 0 Å². The first kappa shape index (κ1) is 14.8. The Labute approximate surface area is 121 Å². The number of aliphatic hydroxyl groups excluding tert-OH is 1. The minimum absolute atomic E-state index is 0.471. The quantitative estimate of drug-likeness (QED) is 0.906. The molecule has 0 aliphatic heterocycles. The van der Waals surface area contributed by atoms with E-state index in [9.17, 15) is 5.11 Å². The Bertz CT molecular complexity index is 587. The maximum Gasteiger partial charge on any atom is 0.0847 e. The van der Waals surface area contributed by atoms with Crippen molar-refractivity contribution >= 4 is 0 Å². The van der Waals surface area contributed by atoms with Crippen molar-refractivity contribution in [3.05, 3.63) is 52.3 Å². The van der Waals surface area contributed by atoms with Gasteiger partial charge in [-0.25, -0.2) is 0 Å². The van der Waals surface area contributed by atoms with Crippen LogP contribution in [0.3, 0.4) is 0 Å². The van der Waals surface area contributed by atoms with E-state index in [1.54, 1.807) is 0 Å². The second-order valence-electron chi connectivity index (χ2n) is 5.38. The molecule has 0 fully saturated rings. The minimum Gasteiger partial charge on any atom is -0.388 e. The average Bonchev–Trinajstić information content (AvgIpc) is 2.83. The van der Waals surface area contributed by atoms with E-state index in [2.05, 4.69) is 50.1 Å². The number of hydrogen-bond donors (Lipinski definition) is 1. The summed E-state index contributed by atoms with van der Waals surface area (Å²) in [6.07, 6.45) is 1.08. The van der Waals surface area contributed by atoms with Crippen LogP contribution in [0.2, 0.25) is 0 Å². The molecule has 3 heteroatoms. The molecule has 0 aliphatic rings. The summed E-state index contributed by atoms with van der Waals surface area (Å²) in [6.45, 7) is 9.13. The number of aromatic nitrogens is 2. The molecule has 0 spiro atoms. The largest absolute Gasteiger partial charge is 0.388 e. The summed E-state index contributed by atoms with van der Waals surface area (Å²) in [4.78, 5) is 0. The molecule has 0 amide bonds. The molecule has 2 rings (SSSR count). The van der Waals surface area contributed by atoms with E-state index in [-0.39, 0.29) is 0 Å². The smallest absolute Gasteiger partial charge is 0.0847 e. The van der Waals surface area contributed by atoms with Gasteiger partial charge in [0.2, 0.25) is 0 Å². The van der Waals surface area contributed by atoms with Gasteiger partial charge < -0.3 is 5.11 Å². The summed E-state index contributed by atoms with van der Waals surface area (Å²) in [5, 5.41) is 15.1. The Morgan fingerprint density at radius 3 is 2.60 bits per heavy atom. The van der Waals surface area contributed by atoms with Crippen molar-refractivity contribution < 1.29 is 5.11 Å². The van der Waals surface area contributed by atoms with E-state index in [0.717, 1.165) is 35.5 Å². The predicted octanol–water partition coefficient (Wildman–Crippen LogP) is 3.36. The zero-order chi connectivity index (χ0) is 14.7. The van der Waals surface area contributed by atoms with E-state index in [1.165, 1.54) is 5.56 Å². The van der Waals surface area contributed by atoms with Gasteiger partial charge in [-0.1, -0.05) is 30.7 Å². The minimum atomic E-state index is -0.471. The summed E-state index contributed by atoms with van der Waals surface area (Å²) in [5.74, 6) is 0. The molecule has 1 atom stereocenters. The lowest BCUT2D eigenvalue weighted by Crippen LogP contribution is -2.09. The van der Waals surface area contributed by atoms with Crippen molar-refractivity contribution in [3.8, 4) is 0 Å². The molecule has 3 nitrogen and oxygen atoms in total. The lowest BCUT2D eigenvalue weighted by atomic mass is 9.98. The number of nitrogens with zero attached hydrogens (tertiary/aromatic N) is 2. The third kappa shape index (κ3) is 3.10. The van der Waals surface area contributed by atoms with Crippen LogP contribution in [0, 0.1) is 13.8 Å². The maximum absolute atomic E-state index is 10.5. The summed E-state index contributed by atoms with van der Waals surface area (Å²) in [5.41, 5.74) is 5.55. The van der Waals surface area contributed by atoms with Crippen molar-refractivity contribution in [3.63, 3.8) is 0 Å². The Morgan fingerprint density at radius 2 is 1.95 bits per heavy atom. The van der Waals surface area contributed by atoms with Crippen molar-refractivity contribution in [2.45, 2.75) is 53.2 Å². The van der Waals surface area contributed by atoms with Crippen LogP contribution in [0.1, 0.15) is 48.0 Å². The molecule has 0 radical (unpaired) electrons. The van der Waals surface area contributed by atoms with Crippen LogP contribution in [0.4, 0.5) is 0 Å². The summed E-state index contributed by atoms with van der Waals surface area (Å²) >= 11 is 0. The van der Waals surface area contributed by atoms with Gasteiger partial charge in [0.25, 0.3) is 0 Å². The molecule has 108 valence electrons. The molecule has 0 aliphatic carbocycles. The summed E-state index contributed by atoms with van der Waals surface area (Å²) in [6, 6.07) is 8.34. The molecular formula is C17H24N2O. The number of aliphatic hydroxyl groups is 1. The number of benzene rings is 1. The third-order valence-corrected chi connectivity index (χ3v) is 3.77. The van der Waals surface area contributed by atoms with Gasteiger partial charge in [-0.3, -0.25) is 4.68 Å². The van der Waals surface area contributed by atoms with E-state index in [1.807, 2.05) is 11.6 Å². The number of hydrogen-bond acceptors (Lipinski definition) is 2. The zero-order valence-corrected chi connectivity index (χ0v) is 12.8. The molecule has 1 aromatic carbocycles. The van der Waals surface area contributed by atoms with E-state index >= 15 is 0 Å². The first-order valence-corrected chi connectivity index (χ1v) is 7.36. The van der Waals surface area contributed by atoms with E-state index < -0.39 is 6.10 Å². The van der Waals surface area contributed by atoms with Crippen LogP contribution in [0.5, 0.6) is 0 Å². The number of rotatable bonds is 5. The average molecular weight is 272 g/mol. The van der Waals surface area contributed by atoms with Crippen molar-refractivity contribution in [2.24, 2.45) is 0 Å². The van der Waals surface area contributed by atoms with Crippen molar-refractivity contribution in [1.29, 1.82) is 0 Å². The molecule has 1 heterocycles. The van der Waals surface area contributed by atoms with Gasteiger partial charge >= 0.3 is 0 Å². The van der Waals surface area contributed by atoms with Gasteiger partial charge in [0.1, 0.15) is 0 Å². The Morgan fingerprint density at radius 1 is 1.20 bits per heavy atom. The second kappa shape index (κ2) is 6.23. The van der Waals surface area contributed by atoms with E-state index in [4.69, 9.17) is 0 Å². The van der Waals surface area contributed by atoms with Gasteiger partial charge in [-0.05, 0) is 44.4 Å². The Hall–Kier alpha value is -1.61. The van der Waals surface area contributed by atoms with Crippen LogP contribution in [0.15, 0.2) is 24.3 Å². The SMILES string of the molecule is CCc1cc(CC(O)c2cc(C)ccc2C)n(CC)n1. The second-order valence-corrected chi connectivity index (χ2v) is 5.38. The summed E-state index contributed by atoms with van der Waals surface area (Å²) in [7, 11) is 0. The highest BCUT2D eigenvalue weighted by Crippen LogP contribution is 2.23. The fourth-order valence-corrected chi connectivity index (χ4v) is 2.55. The molecule has 1 unspecified atom stereocenters. The van der Waals surface area contributed by atoms with E-state index in [0.29, 0.717) is 6.42 Å². The highest BCUT2D eigenvalue weighted by atomic mass is 16.3. The molecule has 0 saturated carbocycles. The lowest BCUT2D eigenvalue weighted by molar-refractivity contribution is 0.174. The maximum atomic E-state index is 10.5. The van der Waals surface area contributed by atoms with Crippen molar-refractivity contribution in [2.75, 3.05) is 0 Å². The topological polar surface area (TPSA) is 38.0 Å². The fraction of sp³-hybridized carbons (Fsp3) is 0.471. The van der Waals surface area contributed by atoms with Gasteiger partial charge in [0, 0.05) is 18.7 Å². The standard InChI is InChI=1S/C17H24N2O/c1-5-14-10-15(19(6-2)18-14)11-17(20)16-9-12(3)7-8-13(16)4/h7-10,17,20H,5-6,11H2,1-4H3. The van der Waals surface area contributed by atoms with Crippen LogP contribution < -0.4 is 0 Å². The predicted molar refractivity (Wildman–Crippen MR) is 81.9 cm³/mol. The van der Waals surface area contributed by atoms with Gasteiger partial charge in [-0.15, -0.1) is 0 Å². The molecule has 0 saturated heterocycles. The Kier molecular flexibility index (Phi) is 4.61. The lowest BCUT2D eigenvalue weighted by Gasteiger charge is -2.15. The van der Waals surface area contributed by atoms with Crippen LogP contribution in [-0.2, 0) is 19.4 Å². The normalized spacial score (nSPS) is 12.7. The number of aryl methyl sites for hydroxylation is 4. The third-order valence-electron chi connectivity index (χ3n) is 3.77. The molecular weight excluding hydrogens is 248 g/mol. The molecule has 2 aromatic rings. The molecule has 1 N–H and O–H groups in total. The first-order chi connectivity index (χ1) is 9.55. The van der Waals surface area contributed by atoms with Crippen LogP contribution in [-0.4, -0.2) is 14.9 Å². The highest BCUT2D eigenvalue weighted by molar-refractivity contribution is 5.33. The van der Waals surface area contributed by atoms with Gasteiger partial charge in [0.05, 0.1) is 11.8 Å². The van der Waals surface area contributed by atoms with Gasteiger partial charge in [-0.2, -0.15) is 5.10 Å². The monoisotopic (exact) mass is 272 g/mol. The first-order valence-electron chi connectivity index (χ1n) is 7.36. The van der Waals surface area contributed by atoms with Gasteiger partial charge in [0.15, 0.2) is 0 Å². The summed E-state index contributed by atoms with van der Waals surface area (Å²) < 4.78 is 1.99. The van der Waals surface area contributed by atoms with Crippen molar-refractivity contribution in [1.82, 2.24) is 9.78 Å².